The number of hydrogen-bond acceptors (Lipinski definition) is 1. The minimum Gasteiger partial charge on any atom is -0.390 e. The molecule has 1 aliphatic carbocycles. The SMILES string of the molecule is CCCC(O)(CCC)C1CCCCC1. The standard InChI is InChI=1S/C13H26O/c1-3-10-13(14,11-4-2)12-8-6-5-7-9-12/h12,14H,3-11H2,1-2H3. The molecule has 0 aromatic rings. The zero-order valence-electron chi connectivity index (χ0n) is 9.89. The van der Waals surface area contributed by atoms with Crippen LogP contribution < -0.4 is 0 Å². The molecule has 0 heterocycles. The van der Waals surface area contributed by atoms with Gasteiger partial charge in [0.2, 0.25) is 0 Å². The molecule has 0 bridgehead atoms. The van der Waals surface area contributed by atoms with E-state index in [2.05, 4.69) is 13.8 Å². The molecule has 0 aromatic carbocycles. The zero-order valence-corrected chi connectivity index (χ0v) is 9.89. The molecule has 84 valence electrons. The van der Waals surface area contributed by atoms with Crippen molar-refractivity contribution in [3.05, 3.63) is 0 Å². The molecular weight excluding hydrogens is 172 g/mol. The highest BCUT2D eigenvalue weighted by atomic mass is 16.3. The van der Waals surface area contributed by atoms with Gasteiger partial charge in [-0.3, -0.25) is 0 Å². The summed E-state index contributed by atoms with van der Waals surface area (Å²) in [5.41, 5.74) is -0.329. The molecule has 1 heteroatoms. The van der Waals surface area contributed by atoms with Crippen LogP contribution in [0.25, 0.3) is 0 Å². The van der Waals surface area contributed by atoms with Gasteiger partial charge in [0.05, 0.1) is 5.60 Å². The van der Waals surface area contributed by atoms with Crippen molar-refractivity contribution in [1.82, 2.24) is 0 Å². The molecule has 0 aromatic heterocycles. The van der Waals surface area contributed by atoms with Gasteiger partial charge in [0, 0.05) is 0 Å². The summed E-state index contributed by atoms with van der Waals surface area (Å²) in [7, 11) is 0. The summed E-state index contributed by atoms with van der Waals surface area (Å²) < 4.78 is 0. The van der Waals surface area contributed by atoms with E-state index < -0.39 is 0 Å². The largest absolute Gasteiger partial charge is 0.390 e. The van der Waals surface area contributed by atoms with Crippen molar-refractivity contribution < 1.29 is 5.11 Å². The summed E-state index contributed by atoms with van der Waals surface area (Å²) in [5.74, 6) is 0.594. The highest BCUT2D eigenvalue weighted by Gasteiger charge is 2.35. The average molecular weight is 198 g/mol. The molecule has 1 rings (SSSR count). The third-order valence-electron chi connectivity index (χ3n) is 3.73. The number of rotatable bonds is 5. The Morgan fingerprint density at radius 2 is 1.50 bits per heavy atom. The average Bonchev–Trinajstić information content (AvgIpc) is 2.20. The predicted molar refractivity (Wildman–Crippen MR) is 61.3 cm³/mol. The topological polar surface area (TPSA) is 20.2 Å². The lowest BCUT2D eigenvalue weighted by molar-refractivity contribution is -0.0480. The van der Waals surface area contributed by atoms with Crippen LogP contribution >= 0.6 is 0 Å². The van der Waals surface area contributed by atoms with Crippen molar-refractivity contribution in [3.63, 3.8) is 0 Å². The van der Waals surface area contributed by atoms with Crippen molar-refractivity contribution in [2.45, 2.75) is 77.2 Å². The lowest BCUT2D eigenvalue weighted by Crippen LogP contribution is -2.38. The highest BCUT2D eigenvalue weighted by Crippen LogP contribution is 2.38. The van der Waals surface area contributed by atoms with Crippen LogP contribution in [-0.4, -0.2) is 10.7 Å². The minimum atomic E-state index is -0.329. The van der Waals surface area contributed by atoms with E-state index in [1.54, 1.807) is 0 Å². The second kappa shape index (κ2) is 5.75. The van der Waals surface area contributed by atoms with Gasteiger partial charge < -0.3 is 5.11 Å². The summed E-state index contributed by atoms with van der Waals surface area (Å²) in [6.45, 7) is 4.37. The van der Waals surface area contributed by atoms with Gasteiger partial charge in [0.25, 0.3) is 0 Å². The molecule has 0 spiro atoms. The number of aliphatic hydroxyl groups is 1. The fourth-order valence-corrected chi connectivity index (χ4v) is 3.04. The fourth-order valence-electron chi connectivity index (χ4n) is 3.04. The monoisotopic (exact) mass is 198 g/mol. The summed E-state index contributed by atoms with van der Waals surface area (Å²) in [6.07, 6.45) is 10.8. The van der Waals surface area contributed by atoms with E-state index in [9.17, 15) is 5.11 Å². The van der Waals surface area contributed by atoms with Crippen LogP contribution in [0.4, 0.5) is 0 Å². The van der Waals surface area contributed by atoms with Gasteiger partial charge >= 0.3 is 0 Å². The third kappa shape index (κ3) is 2.98. The molecule has 14 heavy (non-hydrogen) atoms. The van der Waals surface area contributed by atoms with Crippen LogP contribution in [0.3, 0.4) is 0 Å². The van der Waals surface area contributed by atoms with Crippen LogP contribution in [0.5, 0.6) is 0 Å². The van der Waals surface area contributed by atoms with Crippen LogP contribution in [0, 0.1) is 5.92 Å². The molecule has 1 aliphatic rings. The van der Waals surface area contributed by atoms with Gasteiger partial charge in [-0.15, -0.1) is 0 Å². The molecule has 0 aliphatic heterocycles. The first-order chi connectivity index (χ1) is 6.73. The summed E-state index contributed by atoms with van der Waals surface area (Å²) in [5, 5.41) is 10.6. The molecule has 0 radical (unpaired) electrons. The Bertz CT molecular complexity index is 141. The first kappa shape index (κ1) is 12.0. The second-order valence-electron chi connectivity index (χ2n) is 4.94. The molecule has 0 amide bonds. The highest BCUT2D eigenvalue weighted by molar-refractivity contribution is 4.87. The van der Waals surface area contributed by atoms with E-state index in [4.69, 9.17) is 0 Å². The predicted octanol–water partition coefficient (Wildman–Crippen LogP) is 3.90. The third-order valence-corrected chi connectivity index (χ3v) is 3.73. The Kier molecular flexibility index (Phi) is 4.94. The van der Waals surface area contributed by atoms with Gasteiger partial charge in [0.1, 0.15) is 0 Å². The minimum absolute atomic E-state index is 0.329. The molecule has 0 atom stereocenters. The molecule has 0 unspecified atom stereocenters. The number of hydrogen-bond donors (Lipinski definition) is 1. The van der Waals surface area contributed by atoms with Crippen LogP contribution in [0.1, 0.15) is 71.6 Å². The maximum atomic E-state index is 10.6. The molecule has 1 saturated carbocycles. The lowest BCUT2D eigenvalue weighted by Gasteiger charge is -2.38. The van der Waals surface area contributed by atoms with E-state index in [1.807, 2.05) is 0 Å². The summed E-state index contributed by atoms with van der Waals surface area (Å²) in [4.78, 5) is 0. The van der Waals surface area contributed by atoms with Gasteiger partial charge in [-0.05, 0) is 31.6 Å². The molecular formula is C13H26O. The van der Waals surface area contributed by atoms with E-state index in [-0.39, 0.29) is 5.60 Å². The van der Waals surface area contributed by atoms with E-state index in [1.165, 1.54) is 32.1 Å². The zero-order chi connectivity index (χ0) is 10.4. The van der Waals surface area contributed by atoms with Gasteiger partial charge in [-0.25, -0.2) is 0 Å². The fraction of sp³-hybridized carbons (Fsp3) is 1.00. The Morgan fingerprint density at radius 1 is 1.00 bits per heavy atom. The van der Waals surface area contributed by atoms with E-state index in [0.29, 0.717) is 5.92 Å². The van der Waals surface area contributed by atoms with E-state index in [0.717, 1.165) is 25.7 Å². The molecule has 1 N–H and O–H groups in total. The van der Waals surface area contributed by atoms with Crippen molar-refractivity contribution in [1.29, 1.82) is 0 Å². The molecule has 1 nitrogen and oxygen atoms in total. The van der Waals surface area contributed by atoms with Crippen molar-refractivity contribution >= 4 is 0 Å². The van der Waals surface area contributed by atoms with Gasteiger partial charge in [0.15, 0.2) is 0 Å². The maximum Gasteiger partial charge on any atom is 0.0675 e. The normalized spacial score (nSPS) is 19.9. The van der Waals surface area contributed by atoms with Crippen LogP contribution in [0.15, 0.2) is 0 Å². The van der Waals surface area contributed by atoms with Crippen LogP contribution in [-0.2, 0) is 0 Å². The summed E-state index contributed by atoms with van der Waals surface area (Å²) >= 11 is 0. The van der Waals surface area contributed by atoms with Crippen molar-refractivity contribution in [2.75, 3.05) is 0 Å². The van der Waals surface area contributed by atoms with Crippen LogP contribution in [0.2, 0.25) is 0 Å². The van der Waals surface area contributed by atoms with Crippen molar-refractivity contribution in [3.8, 4) is 0 Å². The van der Waals surface area contributed by atoms with Gasteiger partial charge in [-0.2, -0.15) is 0 Å². The maximum absolute atomic E-state index is 10.6. The first-order valence-electron chi connectivity index (χ1n) is 6.45. The Labute approximate surface area is 88.9 Å². The van der Waals surface area contributed by atoms with Gasteiger partial charge in [-0.1, -0.05) is 46.0 Å². The summed E-state index contributed by atoms with van der Waals surface area (Å²) in [6, 6.07) is 0. The quantitative estimate of drug-likeness (QED) is 0.710. The second-order valence-corrected chi connectivity index (χ2v) is 4.94. The Morgan fingerprint density at radius 3 is 1.93 bits per heavy atom. The first-order valence-corrected chi connectivity index (χ1v) is 6.45. The van der Waals surface area contributed by atoms with Crippen molar-refractivity contribution in [2.24, 2.45) is 5.92 Å². The van der Waals surface area contributed by atoms with E-state index >= 15 is 0 Å². The molecule has 1 fully saturated rings. The smallest absolute Gasteiger partial charge is 0.0675 e. The lowest BCUT2D eigenvalue weighted by atomic mass is 9.73. The Balaban J connectivity index is 2.54. The Hall–Kier alpha value is -0.0400. The molecule has 0 saturated heterocycles.